The van der Waals surface area contributed by atoms with Crippen LogP contribution < -0.4 is 10.2 Å². The standard InChI is InChI=1S/C14H18ClF3N2/c1-9-5-12(19-2)3-4-20(9)13-7-10(14(16,17)18)6-11(15)8-13/h6-9,12,19H,3-5H2,1-2H3. The van der Waals surface area contributed by atoms with E-state index in [-0.39, 0.29) is 11.1 Å². The predicted octanol–water partition coefficient (Wildman–Crippen LogP) is 3.94. The number of benzene rings is 1. The van der Waals surface area contributed by atoms with Crippen LogP contribution in [0.4, 0.5) is 18.9 Å². The molecule has 0 aromatic heterocycles. The van der Waals surface area contributed by atoms with Crippen molar-refractivity contribution in [2.24, 2.45) is 0 Å². The Morgan fingerprint density at radius 2 is 2.00 bits per heavy atom. The Hall–Kier alpha value is -0.940. The van der Waals surface area contributed by atoms with Gasteiger partial charge in [0.15, 0.2) is 0 Å². The maximum atomic E-state index is 12.8. The summed E-state index contributed by atoms with van der Waals surface area (Å²) < 4.78 is 38.5. The lowest BCUT2D eigenvalue weighted by atomic mass is 9.97. The van der Waals surface area contributed by atoms with Crippen molar-refractivity contribution in [2.75, 3.05) is 18.5 Å². The average molecular weight is 307 g/mol. The normalized spacial score (nSPS) is 24.0. The third-order valence-corrected chi connectivity index (χ3v) is 4.04. The van der Waals surface area contributed by atoms with Crippen LogP contribution in [-0.2, 0) is 6.18 Å². The van der Waals surface area contributed by atoms with Gasteiger partial charge in [-0.05, 0) is 45.0 Å². The van der Waals surface area contributed by atoms with Gasteiger partial charge in [-0.15, -0.1) is 0 Å². The molecule has 1 fully saturated rings. The Labute approximate surface area is 121 Å². The Morgan fingerprint density at radius 1 is 1.30 bits per heavy atom. The van der Waals surface area contributed by atoms with Crippen LogP contribution in [0, 0.1) is 0 Å². The van der Waals surface area contributed by atoms with Gasteiger partial charge in [-0.1, -0.05) is 11.6 Å². The van der Waals surface area contributed by atoms with Crippen LogP contribution in [-0.4, -0.2) is 25.7 Å². The highest BCUT2D eigenvalue weighted by molar-refractivity contribution is 6.31. The van der Waals surface area contributed by atoms with Gasteiger partial charge in [-0.25, -0.2) is 0 Å². The average Bonchev–Trinajstić information content (AvgIpc) is 2.36. The Kier molecular flexibility index (Phi) is 4.49. The Bertz CT molecular complexity index is 476. The van der Waals surface area contributed by atoms with Crippen molar-refractivity contribution in [3.8, 4) is 0 Å². The van der Waals surface area contributed by atoms with Crippen LogP contribution in [0.15, 0.2) is 18.2 Å². The zero-order chi connectivity index (χ0) is 14.9. The number of alkyl halides is 3. The highest BCUT2D eigenvalue weighted by atomic mass is 35.5. The predicted molar refractivity (Wildman–Crippen MR) is 75.3 cm³/mol. The van der Waals surface area contributed by atoms with E-state index >= 15 is 0 Å². The Balaban J connectivity index is 2.27. The molecule has 0 saturated carbocycles. The number of rotatable bonds is 2. The quantitative estimate of drug-likeness (QED) is 0.890. The third-order valence-electron chi connectivity index (χ3n) is 3.83. The zero-order valence-electron chi connectivity index (χ0n) is 11.5. The molecule has 20 heavy (non-hydrogen) atoms. The lowest BCUT2D eigenvalue weighted by Crippen LogP contribution is -2.46. The van der Waals surface area contributed by atoms with Crippen LogP contribution in [0.25, 0.3) is 0 Å². The summed E-state index contributed by atoms with van der Waals surface area (Å²) in [6.07, 6.45) is -2.55. The van der Waals surface area contributed by atoms with Gasteiger partial charge in [-0.3, -0.25) is 0 Å². The van der Waals surface area contributed by atoms with Gasteiger partial charge in [-0.2, -0.15) is 13.2 Å². The molecule has 2 unspecified atom stereocenters. The van der Waals surface area contributed by atoms with Crippen molar-refractivity contribution in [1.29, 1.82) is 0 Å². The first-order valence-corrected chi connectivity index (χ1v) is 7.00. The molecule has 112 valence electrons. The van der Waals surface area contributed by atoms with Gasteiger partial charge in [0.25, 0.3) is 0 Å². The fourth-order valence-electron chi connectivity index (χ4n) is 2.72. The molecule has 1 heterocycles. The summed E-state index contributed by atoms with van der Waals surface area (Å²) in [6.45, 7) is 2.75. The van der Waals surface area contributed by atoms with Crippen LogP contribution in [0.1, 0.15) is 25.3 Å². The monoisotopic (exact) mass is 306 g/mol. The first kappa shape index (κ1) is 15.4. The topological polar surface area (TPSA) is 15.3 Å². The van der Waals surface area contributed by atoms with Crippen LogP contribution in [0.3, 0.4) is 0 Å². The smallest absolute Gasteiger partial charge is 0.369 e. The molecule has 1 aromatic rings. The number of hydrogen-bond donors (Lipinski definition) is 1. The molecule has 2 atom stereocenters. The van der Waals surface area contributed by atoms with Gasteiger partial charge in [0.1, 0.15) is 0 Å². The summed E-state index contributed by atoms with van der Waals surface area (Å²) >= 11 is 5.84. The first-order valence-electron chi connectivity index (χ1n) is 6.63. The van der Waals surface area contributed by atoms with Crippen molar-refractivity contribution < 1.29 is 13.2 Å². The summed E-state index contributed by atoms with van der Waals surface area (Å²) in [5.41, 5.74) is -0.144. The van der Waals surface area contributed by atoms with E-state index in [1.165, 1.54) is 6.07 Å². The third kappa shape index (κ3) is 3.38. The fourth-order valence-corrected chi connectivity index (χ4v) is 2.95. The molecular formula is C14H18ClF3N2. The minimum absolute atomic E-state index is 0.123. The summed E-state index contributed by atoms with van der Waals surface area (Å²) in [7, 11) is 1.91. The second-order valence-electron chi connectivity index (χ2n) is 5.25. The van der Waals surface area contributed by atoms with E-state index in [0.29, 0.717) is 11.7 Å². The molecular weight excluding hydrogens is 289 g/mol. The highest BCUT2D eigenvalue weighted by Crippen LogP contribution is 2.35. The second-order valence-corrected chi connectivity index (χ2v) is 5.68. The molecule has 1 saturated heterocycles. The number of hydrogen-bond acceptors (Lipinski definition) is 2. The van der Waals surface area contributed by atoms with Crippen molar-refractivity contribution in [3.63, 3.8) is 0 Å². The van der Waals surface area contributed by atoms with E-state index in [0.717, 1.165) is 25.5 Å². The number of anilines is 1. The molecule has 1 aromatic carbocycles. The molecule has 2 rings (SSSR count). The molecule has 0 aliphatic carbocycles. The SMILES string of the molecule is CNC1CCN(c2cc(Cl)cc(C(F)(F)F)c2)C(C)C1. The van der Waals surface area contributed by atoms with Gasteiger partial charge in [0.2, 0.25) is 0 Å². The maximum Gasteiger partial charge on any atom is 0.416 e. The number of nitrogens with one attached hydrogen (secondary N) is 1. The molecule has 1 N–H and O–H groups in total. The lowest BCUT2D eigenvalue weighted by Gasteiger charge is -2.39. The molecule has 2 nitrogen and oxygen atoms in total. The van der Waals surface area contributed by atoms with Gasteiger partial charge in [0.05, 0.1) is 5.56 Å². The van der Waals surface area contributed by atoms with Crippen molar-refractivity contribution in [1.82, 2.24) is 5.32 Å². The van der Waals surface area contributed by atoms with Crippen LogP contribution in [0.2, 0.25) is 5.02 Å². The van der Waals surface area contributed by atoms with Gasteiger partial charge in [0, 0.05) is 29.3 Å². The van der Waals surface area contributed by atoms with Gasteiger partial charge < -0.3 is 10.2 Å². The molecule has 0 radical (unpaired) electrons. The fraction of sp³-hybridized carbons (Fsp3) is 0.571. The molecule has 1 aliphatic heterocycles. The summed E-state index contributed by atoms with van der Waals surface area (Å²) in [4.78, 5) is 2.00. The Morgan fingerprint density at radius 3 is 2.55 bits per heavy atom. The minimum atomic E-state index is -4.37. The maximum absolute atomic E-state index is 12.8. The molecule has 0 bridgehead atoms. The molecule has 1 aliphatic rings. The van der Waals surface area contributed by atoms with Crippen molar-refractivity contribution in [2.45, 2.75) is 38.0 Å². The lowest BCUT2D eigenvalue weighted by molar-refractivity contribution is -0.137. The zero-order valence-corrected chi connectivity index (χ0v) is 12.2. The van der Waals surface area contributed by atoms with E-state index in [1.807, 2.05) is 18.9 Å². The molecule has 0 spiro atoms. The summed E-state index contributed by atoms with van der Waals surface area (Å²) in [5, 5.41) is 3.34. The number of halogens is 4. The van der Waals surface area contributed by atoms with Crippen molar-refractivity contribution >= 4 is 17.3 Å². The number of piperidine rings is 1. The summed E-state index contributed by atoms with van der Waals surface area (Å²) in [5.74, 6) is 0. The van der Waals surface area contributed by atoms with E-state index in [2.05, 4.69) is 5.32 Å². The first-order chi connectivity index (χ1) is 9.31. The molecule has 6 heteroatoms. The highest BCUT2D eigenvalue weighted by Gasteiger charge is 2.32. The van der Waals surface area contributed by atoms with E-state index in [4.69, 9.17) is 11.6 Å². The second kappa shape index (κ2) is 5.82. The van der Waals surface area contributed by atoms with E-state index < -0.39 is 11.7 Å². The van der Waals surface area contributed by atoms with Crippen LogP contribution in [0.5, 0.6) is 0 Å². The van der Waals surface area contributed by atoms with Gasteiger partial charge >= 0.3 is 6.18 Å². The van der Waals surface area contributed by atoms with Crippen molar-refractivity contribution in [3.05, 3.63) is 28.8 Å². The van der Waals surface area contributed by atoms with E-state index in [1.54, 1.807) is 6.07 Å². The minimum Gasteiger partial charge on any atom is -0.369 e. The van der Waals surface area contributed by atoms with E-state index in [9.17, 15) is 13.2 Å². The summed E-state index contributed by atoms with van der Waals surface area (Å²) in [6, 6.07) is 4.36. The molecule has 0 amide bonds. The largest absolute Gasteiger partial charge is 0.416 e. The van der Waals surface area contributed by atoms with Crippen LogP contribution >= 0.6 is 11.6 Å². The number of nitrogens with zero attached hydrogens (tertiary/aromatic N) is 1.